The van der Waals surface area contributed by atoms with Gasteiger partial charge in [-0.25, -0.2) is 0 Å². The van der Waals surface area contributed by atoms with Gasteiger partial charge in [0.1, 0.15) is 0 Å². The standard InChI is InChI=1S/C21H19F3N2O2/c22-21(23,24)13-4-1-3-12(11-13)17-15-5-2-6-16(18(25)27)14(15)7-8-20(17)9-10-26-19(20)28/h1-6,11,17H,7-10H2,(H2,25,27)(H,26,28). The minimum Gasteiger partial charge on any atom is -0.366 e. The van der Waals surface area contributed by atoms with Crippen LogP contribution in [0.1, 0.15) is 51.4 Å². The van der Waals surface area contributed by atoms with Gasteiger partial charge in [0.2, 0.25) is 11.8 Å². The summed E-state index contributed by atoms with van der Waals surface area (Å²) in [6, 6.07) is 10.2. The molecule has 1 aliphatic heterocycles. The topological polar surface area (TPSA) is 72.2 Å². The minimum atomic E-state index is -4.48. The third-order valence-electron chi connectivity index (χ3n) is 6.02. The second-order valence-corrected chi connectivity index (χ2v) is 7.46. The van der Waals surface area contributed by atoms with Crippen LogP contribution >= 0.6 is 0 Å². The van der Waals surface area contributed by atoms with Crippen molar-refractivity contribution < 1.29 is 22.8 Å². The Morgan fingerprint density at radius 2 is 1.89 bits per heavy atom. The highest BCUT2D eigenvalue weighted by Gasteiger charge is 2.52. The molecule has 4 nitrogen and oxygen atoms in total. The van der Waals surface area contributed by atoms with Gasteiger partial charge in [0.25, 0.3) is 0 Å². The van der Waals surface area contributed by atoms with E-state index in [0.29, 0.717) is 42.5 Å². The smallest absolute Gasteiger partial charge is 0.366 e. The van der Waals surface area contributed by atoms with E-state index in [1.54, 1.807) is 24.3 Å². The number of rotatable bonds is 2. The van der Waals surface area contributed by atoms with E-state index in [4.69, 9.17) is 5.73 Å². The van der Waals surface area contributed by atoms with Gasteiger partial charge in [-0.05, 0) is 48.1 Å². The zero-order valence-electron chi connectivity index (χ0n) is 15.0. The van der Waals surface area contributed by atoms with E-state index in [2.05, 4.69) is 5.32 Å². The molecule has 2 amide bonds. The van der Waals surface area contributed by atoms with Crippen molar-refractivity contribution in [2.24, 2.45) is 11.1 Å². The average molecular weight is 388 g/mol. The molecule has 2 unspecified atom stereocenters. The lowest BCUT2D eigenvalue weighted by Crippen LogP contribution is -2.41. The molecular weight excluding hydrogens is 369 g/mol. The number of fused-ring (bicyclic) bond motifs is 1. The summed E-state index contributed by atoms with van der Waals surface area (Å²) in [6.45, 7) is 0.485. The van der Waals surface area contributed by atoms with Gasteiger partial charge in [0.15, 0.2) is 0 Å². The van der Waals surface area contributed by atoms with E-state index in [1.165, 1.54) is 6.07 Å². The zero-order chi connectivity index (χ0) is 20.1. The second-order valence-electron chi connectivity index (χ2n) is 7.46. The van der Waals surface area contributed by atoms with Crippen molar-refractivity contribution in [3.8, 4) is 0 Å². The molecule has 0 aromatic heterocycles. The summed E-state index contributed by atoms with van der Waals surface area (Å²) in [5, 5.41) is 2.84. The van der Waals surface area contributed by atoms with Gasteiger partial charge in [-0.15, -0.1) is 0 Å². The number of nitrogens with one attached hydrogen (secondary N) is 1. The molecule has 2 aromatic rings. The number of benzene rings is 2. The van der Waals surface area contributed by atoms with Crippen molar-refractivity contribution in [2.45, 2.75) is 31.4 Å². The molecule has 0 radical (unpaired) electrons. The highest BCUT2D eigenvalue weighted by Crippen LogP contribution is 2.53. The first-order valence-electron chi connectivity index (χ1n) is 9.11. The van der Waals surface area contributed by atoms with Crippen molar-refractivity contribution in [1.82, 2.24) is 5.32 Å². The van der Waals surface area contributed by atoms with E-state index in [0.717, 1.165) is 17.7 Å². The molecule has 1 fully saturated rings. The first kappa shape index (κ1) is 18.5. The van der Waals surface area contributed by atoms with E-state index >= 15 is 0 Å². The molecule has 1 heterocycles. The lowest BCUT2D eigenvalue weighted by atomic mass is 9.60. The van der Waals surface area contributed by atoms with E-state index in [1.807, 2.05) is 0 Å². The largest absolute Gasteiger partial charge is 0.416 e. The normalized spacial score (nSPS) is 24.1. The Morgan fingerprint density at radius 1 is 1.14 bits per heavy atom. The molecule has 1 spiro atoms. The monoisotopic (exact) mass is 388 g/mol. The predicted molar refractivity (Wildman–Crippen MR) is 96.6 cm³/mol. The van der Waals surface area contributed by atoms with Crippen LogP contribution in [0.25, 0.3) is 0 Å². The number of carbonyl (C=O) groups is 2. The molecule has 3 N–H and O–H groups in total. The van der Waals surface area contributed by atoms with Gasteiger partial charge in [0, 0.05) is 18.0 Å². The number of alkyl halides is 3. The Kier molecular flexibility index (Phi) is 4.21. The van der Waals surface area contributed by atoms with Crippen molar-refractivity contribution in [3.05, 3.63) is 70.3 Å². The first-order valence-corrected chi connectivity index (χ1v) is 9.11. The van der Waals surface area contributed by atoms with Crippen LogP contribution in [0.4, 0.5) is 13.2 Å². The molecule has 0 bridgehead atoms. The van der Waals surface area contributed by atoms with Crippen LogP contribution in [-0.4, -0.2) is 18.4 Å². The number of amides is 2. The summed E-state index contributed by atoms with van der Waals surface area (Å²) in [5.74, 6) is -1.29. The number of hydrogen-bond donors (Lipinski definition) is 2. The Morgan fingerprint density at radius 3 is 2.54 bits per heavy atom. The van der Waals surface area contributed by atoms with E-state index in [9.17, 15) is 22.8 Å². The average Bonchev–Trinajstić information content (AvgIpc) is 3.01. The molecule has 1 aliphatic carbocycles. The van der Waals surface area contributed by atoms with Crippen LogP contribution in [0, 0.1) is 5.41 Å². The fraction of sp³-hybridized carbons (Fsp3) is 0.333. The molecule has 2 atom stereocenters. The molecule has 146 valence electrons. The maximum atomic E-state index is 13.3. The van der Waals surface area contributed by atoms with Crippen LogP contribution in [0.3, 0.4) is 0 Å². The van der Waals surface area contributed by atoms with Crippen molar-refractivity contribution >= 4 is 11.8 Å². The lowest BCUT2D eigenvalue weighted by Gasteiger charge is -2.41. The van der Waals surface area contributed by atoms with Gasteiger partial charge in [-0.3, -0.25) is 9.59 Å². The molecule has 2 aromatic carbocycles. The summed E-state index contributed by atoms with van der Waals surface area (Å²) in [6.07, 6.45) is -3.00. The van der Waals surface area contributed by atoms with Crippen LogP contribution in [0.2, 0.25) is 0 Å². The van der Waals surface area contributed by atoms with Crippen molar-refractivity contribution in [1.29, 1.82) is 0 Å². The Labute approximate surface area is 159 Å². The summed E-state index contributed by atoms with van der Waals surface area (Å²) >= 11 is 0. The third-order valence-corrected chi connectivity index (χ3v) is 6.02. The van der Waals surface area contributed by atoms with Gasteiger partial charge in [-0.2, -0.15) is 13.2 Å². The first-order chi connectivity index (χ1) is 13.2. The molecule has 7 heteroatoms. The Balaban J connectivity index is 1.95. The summed E-state index contributed by atoms with van der Waals surface area (Å²) in [5.41, 5.74) is 6.15. The number of nitrogens with two attached hydrogens (primary N) is 1. The summed E-state index contributed by atoms with van der Waals surface area (Å²) < 4.78 is 39.9. The number of hydrogen-bond acceptors (Lipinski definition) is 2. The fourth-order valence-electron chi connectivity index (χ4n) is 4.77. The fourth-order valence-corrected chi connectivity index (χ4v) is 4.77. The van der Waals surface area contributed by atoms with Gasteiger partial charge < -0.3 is 11.1 Å². The highest BCUT2D eigenvalue weighted by atomic mass is 19.4. The molecule has 2 aliphatic rings. The Hall–Kier alpha value is -2.83. The second kappa shape index (κ2) is 6.36. The van der Waals surface area contributed by atoms with Crippen molar-refractivity contribution in [2.75, 3.05) is 6.54 Å². The quantitative estimate of drug-likeness (QED) is 0.828. The predicted octanol–water partition coefficient (Wildman–Crippen LogP) is 3.39. The minimum absolute atomic E-state index is 0.148. The van der Waals surface area contributed by atoms with Gasteiger partial charge in [-0.1, -0.05) is 30.3 Å². The third kappa shape index (κ3) is 2.77. The maximum Gasteiger partial charge on any atom is 0.416 e. The molecule has 4 rings (SSSR count). The molecular formula is C21H19F3N2O2. The lowest BCUT2D eigenvalue weighted by molar-refractivity contribution is -0.137. The number of halogens is 3. The summed E-state index contributed by atoms with van der Waals surface area (Å²) in [7, 11) is 0. The number of carbonyl (C=O) groups excluding carboxylic acids is 2. The molecule has 28 heavy (non-hydrogen) atoms. The Bertz CT molecular complexity index is 970. The van der Waals surface area contributed by atoms with Gasteiger partial charge in [0.05, 0.1) is 11.0 Å². The maximum absolute atomic E-state index is 13.3. The van der Waals surface area contributed by atoms with Crippen LogP contribution < -0.4 is 11.1 Å². The van der Waals surface area contributed by atoms with Crippen LogP contribution in [0.5, 0.6) is 0 Å². The van der Waals surface area contributed by atoms with Crippen LogP contribution in [0.15, 0.2) is 42.5 Å². The van der Waals surface area contributed by atoms with E-state index < -0.39 is 29.0 Å². The van der Waals surface area contributed by atoms with Crippen molar-refractivity contribution in [3.63, 3.8) is 0 Å². The summed E-state index contributed by atoms with van der Waals surface area (Å²) in [4.78, 5) is 24.7. The molecule has 1 saturated heterocycles. The highest BCUT2D eigenvalue weighted by molar-refractivity contribution is 5.95. The number of primary amides is 1. The van der Waals surface area contributed by atoms with Crippen LogP contribution in [-0.2, 0) is 17.4 Å². The SMILES string of the molecule is NC(=O)c1cccc2c1CCC1(CCNC1=O)C2c1cccc(C(F)(F)F)c1. The molecule has 0 saturated carbocycles. The van der Waals surface area contributed by atoms with Gasteiger partial charge >= 0.3 is 6.18 Å². The van der Waals surface area contributed by atoms with E-state index in [-0.39, 0.29) is 5.91 Å². The zero-order valence-corrected chi connectivity index (χ0v) is 15.0.